The maximum atomic E-state index is 13.1. The molecule has 3 rings (SSSR count). The zero-order valence-corrected chi connectivity index (χ0v) is 15.7. The van der Waals surface area contributed by atoms with Gasteiger partial charge in [0.05, 0.1) is 0 Å². The molecule has 25 heavy (non-hydrogen) atoms. The molecule has 0 radical (unpaired) electrons. The van der Waals surface area contributed by atoms with E-state index in [0.29, 0.717) is 0 Å². The molecule has 0 saturated heterocycles. The van der Waals surface area contributed by atoms with E-state index in [2.05, 4.69) is 3.76 Å². The number of alkyl halides is 3. The van der Waals surface area contributed by atoms with Crippen molar-refractivity contribution in [3.05, 3.63) is 91.0 Å². The van der Waals surface area contributed by atoms with E-state index < -0.39 is 27.3 Å². The van der Waals surface area contributed by atoms with Crippen LogP contribution < -0.4 is 15.9 Å². The molecular weight excluding hydrogens is 409 g/mol. The Morgan fingerprint density at radius 2 is 0.920 bits per heavy atom. The van der Waals surface area contributed by atoms with Gasteiger partial charge < -0.3 is 0 Å². The third kappa shape index (κ3) is 4.07. The molecule has 0 unspecified atom stereocenters. The second-order valence-corrected chi connectivity index (χ2v) is 10.6. The van der Waals surface area contributed by atoms with Gasteiger partial charge in [0.25, 0.3) is 0 Å². The molecular formula is C19H15F3NPSe. The molecule has 0 fully saturated rings. The van der Waals surface area contributed by atoms with Crippen LogP contribution in [0.25, 0.3) is 0 Å². The van der Waals surface area contributed by atoms with Crippen LogP contribution in [0.15, 0.2) is 94.8 Å². The van der Waals surface area contributed by atoms with Crippen molar-refractivity contribution in [1.29, 1.82) is 0 Å². The zero-order chi connectivity index (χ0) is 17.8. The van der Waals surface area contributed by atoms with Gasteiger partial charge in [-0.1, -0.05) is 0 Å². The SMILES string of the molecule is FC(F)(F)[Se]N=P(c1ccccc1)(c1ccccc1)c1ccccc1. The van der Waals surface area contributed by atoms with Crippen LogP contribution in [0, 0.1) is 0 Å². The Balaban J connectivity index is 2.36. The Bertz CT molecular complexity index is 762. The first-order chi connectivity index (χ1) is 12.0. The molecule has 1 nitrogen and oxygen atoms in total. The second kappa shape index (κ2) is 7.61. The van der Waals surface area contributed by atoms with Crippen LogP contribution in [-0.2, 0) is 0 Å². The average molecular weight is 424 g/mol. The summed E-state index contributed by atoms with van der Waals surface area (Å²) in [5.41, 5.74) is 0. The molecule has 128 valence electrons. The summed E-state index contributed by atoms with van der Waals surface area (Å²) in [5, 5.41) is -1.79. The van der Waals surface area contributed by atoms with Gasteiger partial charge in [0, 0.05) is 0 Å². The topological polar surface area (TPSA) is 12.4 Å². The monoisotopic (exact) mass is 425 g/mol. The molecule has 3 aromatic carbocycles. The van der Waals surface area contributed by atoms with Crippen LogP contribution in [0.2, 0.25) is 0 Å². The van der Waals surface area contributed by atoms with Gasteiger partial charge in [-0.25, -0.2) is 0 Å². The van der Waals surface area contributed by atoms with Gasteiger partial charge >= 0.3 is 151 Å². The van der Waals surface area contributed by atoms with E-state index in [-0.39, 0.29) is 0 Å². The fourth-order valence-electron chi connectivity index (χ4n) is 2.63. The van der Waals surface area contributed by atoms with Crippen LogP contribution >= 0.6 is 7.05 Å². The fourth-order valence-corrected chi connectivity index (χ4v) is 8.96. The number of nitrogens with zero attached hydrogens (tertiary/aromatic N) is 1. The Hall–Kier alpha value is -1.80. The van der Waals surface area contributed by atoms with E-state index in [1.54, 1.807) is 0 Å². The minimum atomic E-state index is -4.28. The van der Waals surface area contributed by atoms with Crippen molar-refractivity contribution in [3.8, 4) is 0 Å². The van der Waals surface area contributed by atoms with Gasteiger partial charge in [0.15, 0.2) is 0 Å². The molecule has 0 spiro atoms. The van der Waals surface area contributed by atoms with Crippen LogP contribution in [-0.4, -0.2) is 20.2 Å². The van der Waals surface area contributed by atoms with E-state index in [4.69, 9.17) is 0 Å². The van der Waals surface area contributed by atoms with E-state index >= 15 is 0 Å². The van der Waals surface area contributed by atoms with Crippen molar-refractivity contribution in [3.63, 3.8) is 0 Å². The molecule has 0 heterocycles. The first kappa shape index (κ1) is 18.0. The Morgan fingerprint density at radius 3 is 1.20 bits per heavy atom. The van der Waals surface area contributed by atoms with Gasteiger partial charge in [-0.05, 0) is 0 Å². The van der Waals surface area contributed by atoms with E-state index in [1.165, 1.54) is 0 Å². The van der Waals surface area contributed by atoms with E-state index in [1.807, 2.05) is 91.0 Å². The molecule has 0 saturated carbocycles. The predicted molar refractivity (Wildman–Crippen MR) is 99.4 cm³/mol. The van der Waals surface area contributed by atoms with Crippen molar-refractivity contribution in [2.24, 2.45) is 3.76 Å². The zero-order valence-electron chi connectivity index (χ0n) is 13.1. The number of halogens is 3. The number of benzene rings is 3. The molecule has 0 aliphatic heterocycles. The number of rotatable bonds is 4. The molecule has 0 atom stereocenters. The summed E-state index contributed by atoms with van der Waals surface area (Å²) in [6.45, 7) is 0. The van der Waals surface area contributed by atoms with Crippen molar-refractivity contribution in [1.82, 2.24) is 0 Å². The molecule has 0 amide bonds. The predicted octanol–water partition coefficient (Wildman–Crippen LogP) is 4.30. The molecule has 0 N–H and O–H groups in total. The first-order valence-electron chi connectivity index (χ1n) is 7.56. The van der Waals surface area contributed by atoms with E-state index in [9.17, 15) is 13.2 Å². The van der Waals surface area contributed by atoms with Gasteiger partial charge in [-0.3, -0.25) is 0 Å². The van der Waals surface area contributed by atoms with Crippen molar-refractivity contribution >= 4 is 38.1 Å². The summed E-state index contributed by atoms with van der Waals surface area (Å²) in [5.74, 6) is 0. The van der Waals surface area contributed by atoms with Gasteiger partial charge in [-0.2, -0.15) is 0 Å². The molecule has 3 aromatic rings. The first-order valence-corrected chi connectivity index (χ1v) is 10.9. The fraction of sp³-hybridized carbons (Fsp3) is 0.0526. The Morgan fingerprint density at radius 1 is 0.600 bits per heavy atom. The average Bonchev–Trinajstić information content (AvgIpc) is 2.64. The van der Waals surface area contributed by atoms with Crippen LogP contribution in [0.1, 0.15) is 0 Å². The summed E-state index contributed by atoms with van der Waals surface area (Å²) < 4.78 is 43.6. The van der Waals surface area contributed by atoms with Gasteiger partial charge in [0.2, 0.25) is 0 Å². The summed E-state index contributed by atoms with van der Waals surface area (Å²) in [6, 6.07) is 28.0. The van der Waals surface area contributed by atoms with Crippen LogP contribution in [0.4, 0.5) is 13.2 Å². The summed E-state index contributed by atoms with van der Waals surface area (Å²) in [6.07, 6.45) is 0. The number of hydrogen-bond donors (Lipinski definition) is 0. The summed E-state index contributed by atoms with van der Waals surface area (Å²) >= 11 is -1.82. The van der Waals surface area contributed by atoms with Crippen molar-refractivity contribution < 1.29 is 13.2 Å². The van der Waals surface area contributed by atoms with Crippen molar-refractivity contribution in [2.75, 3.05) is 0 Å². The summed E-state index contributed by atoms with van der Waals surface area (Å²) in [7, 11) is -2.72. The molecule has 0 aliphatic rings. The standard InChI is InChI=1S/C19H15F3NPSe/c20-19(21,22)25-23-24(16-10-4-1-5-11-16,17-12-6-2-7-13-17)18-14-8-3-9-15-18/h1-15H. The van der Waals surface area contributed by atoms with Gasteiger partial charge in [-0.15, -0.1) is 0 Å². The van der Waals surface area contributed by atoms with Gasteiger partial charge in [0.1, 0.15) is 0 Å². The third-order valence-corrected chi connectivity index (χ3v) is 9.61. The molecule has 0 bridgehead atoms. The van der Waals surface area contributed by atoms with Crippen LogP contribution in [0.3, 0.4) is 0 Å². The molecule has 0 aromatic heterocycles. The Labute approximate surface area is 151 Å². The molecule has 0 aliphatic carbocycles. The minimum absolute atomic E-state index is 0.832. The number of hydrogen-bond acceptors (Lipinski definition) is 1. The maximum absolute atomic E-state index is 13.1. The second-order valence-electron chi connectivity index (χ2n) is 5.26. The molecule has 6 heteroatoms. The van der Waals surface area contributed by atoms with Crippen molar-refractivity contribution in [2.45, 2.75) is 5.07 Å². The van der Waals surface area contributed by atoms with E-state index in [0.717, 1.165) is 15.9 Å². The third-order valence-electron chi connectivity index (χ3n) is 3.66. The van der Waals surface area contributed by atoms with Crippen LogP contribution in [0.5, 0.6) is 0 Å². The Kier molecular flexibility index (Phi) is 5.48. The summed E-state index contributed by atoms with van der Waals surface area (Å²) in [4.78, 5) is 0. The quantitative estimate of drug-likeness (QED) is 0.438. The normalized spacial score (nSPS) is 12.0.